The Balaban J connectivity index is 1.61. The van der Waals surface area contributed by atoms with Crippen LogP contribution in [-0.4, -0.2) is 53.9 Å². The van der Waals surface area contributed by atoms with E-state index in [0.717, 1.165) is 31.2 Å². The van der Waals surface area contributed by atoms with Crippen LogP contribution in [0.1, 0.15) is 37.7 Å². The SMILES string of the molecule is CN(C(=O)CSCC(=O)OCC(=O)Nc1ccc(CC#N)cc1)C1CCCCC1. The molecular formula is C21H27N3O4S. The molecule has 1 fully saturated rings. The lowest BCUT2D eigenvalue weighted by molar-refractivity contribution is -0.144. The van der Waals surface area contributed by atoms with E-state index in [1.807, 2.05) is 7.05 Å². The average Bonchev–Trinajstić information content (AvgIpc) is 2.74. The number of thioether (sulfide) groups is 1. The number of nitriles is 1. The first-order chi connectivity index (χ1) is 14.0. The van der Waals surface area contributed by atoms with Gasteiger partial charge in [0.25, 0.3) is 5.91 Å². The maximum absolute atomic E-state index is 12.2. The Labute approximate surface area is 175 Å². The van der Waals surface area contributed by atoms with Gasteiger partial charge in [0, 0.05) is 18.8 Å². The van der Waals surface area contributed by atoms with Gasteiger partial charge in [-0.3, -0.25) is 14.4 Å². The van der Waals surface area contributed by atoms with Crippen molar-refractivity contribution in [1.29, 1.82) is 5.26 Å². The van der Waals surface area contributed by atoms with Gasteiger partial charge in [-0.05, 0) is 30.5 Å². The standard InChI is InChI=1S/C21H27N3O4S/c1-24(18-5-3-2-4-6-18)20(26)14-29-15-21(27)28-13-19(25)23-17-9-7-16(8-10-17)11-12-22/h7-10,18H,2-6,11,13-15H2,1H3,(H,23,25). The summed E-state index contributed by atoms with van der Waals surface area (Å²) in [6, 6.07) is 9.25. The first kappa shape index (κ1) is 22.8. The van der Waals surface area contributed by atoms with Crippen molar-refractivity contribution in [3.63, 3.8) is 0 Å². The van der Waals surface area contributed by atoms with Crippen molar-refractivity contribution in [2.75, 3.05) is 30.5 Å². The summed E-state index contributed by atoms with van der Waals surface area (Å²) in [6.45, 7) is -0.380. The first-order valence-electron chi connectivity index (χ1n) is 9.74. The molecule has 156 valence electrons. The summed E-state index contributed by atoms with van der Waals surface area (Å²) < 4.78 is 4.96. The Morgan fingerprint density at radius 2 is 1.86 bits per heavy atom. The van der Waals surface area contributed by atoms with Crippen molar-refractivity contribution in [3.05, 3.63) is 29.8 Å². The van der Waals surface area contributed by atoms with Crippen LogP contribution in [0.15, 0.2) is 24.3 Å². The average molecular weight is 418 g/mol. The van der Waals surface area contributed by atoms with Gasteiger partial charge in [-0.15, -0.1) is 11.8 Å². The van der Waals surface area contributed by atoms with E-state index in [9.17, 15) is 14.4 Å². The van der Waals surface area contributed by atoms with Crippen LogP contribution in [0.5, 0.6) is 0 Å². The maximum Gasteiger partial charge on any atom is 0.316 e. The summed E-state index contributed by atoms with van der Waals surface area (Å²) in [5.41, 5.74) is 1.43. The molecule has 0 aromatic heterocycles. The van der Waals surface area contributed by atoms with Crippen molar-refractivity contribution in [2.24, 2.45) is 0 Å². The molecule has 1 aromatic carbocycles. The summed E-state index contributed by atoms with van der Waals surface area (Å²) >= 11 is 1.20. The summed E-state index contributed by atoms with van der Waals surface area (Å²) in [5.74, 6) is -0.691. The Morgan fingerprint density at radius 3 is 2.52 bits per heavy atom. The number of anilines is 1. The van der Waals surface area contributed by atoms with Gasteiger partial charge in [0.2, 0.25) is 5.91 Å². The van der Waals surface area contributed by atoms with E-state index in [4.69, 9.17) is 10.00 Å². The van der Waals surface area contributed by atoms with Gasteiger partial charge in [0.05, 0.1) is 24.0 Å². The Kier molecular flexibility index (Phi) is 9.51. The molecule has 0 aliphatic heterocycles. The molecule has 1 aromatic rings. The third-order valence-corrected chi connectivity index (χ3v) is 5.74. The zero-order chi connectivity index (χ0) is 21.1. The van der Waals surface area contributed by atoms with Gasteiger partial charge < -0.3 is 15.0 Å². The highest BCUT2D eigenvalue weighted by molar-refractivity contribution is 8.00. The Bertz CT molecular complexity index is 739. The van der Waals surface area contributed by atoms with Crippen LogP contribution in [0.25, 0.3) is 0 Å². The van der Waals surface area contributed by atoms with Gasteiger partial charge >= 0.3 is 5.97 Å². The second-order valence-electron chi connectivity index (χ2n) is 7.03. The number of carbonyl (C=O) groups excluding carboxylic acids is 3. The fourth-order valence-electron chi connectivity index (χ4n) is 3.18. The highest BCUT2D eigenvalue weighted by atomic mass is 32.2. The van der Waals surface area contributed by atoms with Crippen LogP contribution < -0.4 is 5.32 Å². The zero-order valence-corrected chi connectivity index (χ0v) is 17.5. The summed E-state index contributed by atoms with van der Waals surface area (Å²) in [7, 11) is 1.83. The number of nitrogens with one attached hydrogen (secondary N) is 1. The number of nitrogens with zero attached hydrogens (tertiary/aromatic N) is 2. The van der Waals surface area contributed by atoms with E-state index >= 15 is 0 Å². The molecule has 0 spiro atoms. The van der Waals surface area contributed by atoms with Crippen molar-refractivity contribution >= 4 is 35.2 Å². The number of hydrogen-bond donors (Lipinski definition) is 1. The molecule has 1 N–H and O–H groups in total. The minimum absolute atomic E-state index is 0.0206. The van der Waals surface area contributed by atoms with E-state index in [-0.39, 0.29) is 24.0 Å². The Morgan fingerprint density at radius 1 is 1.17 bits per heavy atom. The molecule has 0 heterocycles. The number of carbonyl (C=O) groups is 3. The number of amides is 2. The molecule has 8 heteroatoms. The van der Waals surface area contributed by atoms with Gasteiger partial charge in [0.1, 0.15) is 0 Å². The number of esters is 1. The van der Waals surface area contributed by atoms with Crippen LogP contribution in [0.4, 0.5) is 5.69 Å². The normalized spacial score (nSPS) is 13.9. The van der Waals surface area contributed by atoms with Crippen LogP contribution in [0.3, 0.4) is 0 Å². The Hall–Kier alpha value is -2.53. The number of ether oxygens (including phenoxy) is 1. The van der Waals surface area contributed by atoms with Gasteiger partial charge in [-0.2, -0.15) is 5.26 Å². The van der Waals surface area contributed by atoms with Crippen LogP contribution in [-0.2, 0) is 25.5 Å². The molecule has 29 heavy (non-hydrogen) atoms. The van der Waals surface area contributed by atoms with Crippen LogP contribution in [0, 0.1) is 11.3 Å². The third kappa shape index (κ3) is 8.16. The molecule has 1 aliphatic carbocycles. The summed E-state index contributed by atoms with van der Waals surface area (Å²) in [6.07, 6.45) is 5.96. The van der Waals surface area contributed by atoms with E-state index in [2.05, 4.69) is 11.4 Å². The quantitative estimate of drug-likeness (QED) is 0.620. The van der Waals surface area contributed by atoms with Gasteiger partial charge in [-0.1, -0.05) is 31.4 Å². The molecule has 7 nitrogen and oxygen atoms in total. The molecule has 0 radical (unpaired) electrons. The zero-order valence-electron chi connectivity index (χ0n) is 16.7. The van der Waals surface area contributed by atoms with Crippen LogP contribution >= 0.6 is 11.8 Å². The van der Waals surface area contributed by atoms with E-state index in [0.29, 0.717) is 18.2 Å². The molecule has 2 rings (SSSR count). The van der Waals surface area contributed by atoms with Crippen molar-refractivity contribution < 1.29 is 19.1 Å². The lowest BCUT2D eigenvalue weighted by Gasteiger charge is -2.31. The molecule has 1 saturated carbocycles. The van der Waals surface area contributed by atoms with Gasteiger partial charge in [-0.25, -0.2) is 0 Å². The predicted octanol–water partition coefficient (Wildman–Crippen LogP) is 2.76. The largest absolute Gasteiger partial charge is 0.455 e. The van der Waals surface area contributed by atoms with E-state index < -0.39 is 11.9 Å². The monoisotopic (exact) mass is 417 g/mol. The number of hydrogen-bond acceptors (Lipinski definition) is 6. The molecule has 0 saturated heterocycles. The van der Waals surface area contributed by atoms with E-state index in [1.54, 1.807) is 29.2 Å². The second kappa shape index (κ2) is 12.1. The van der Waals surface area contributed by atoms with Crippen molar-refractivity contribution in [1.82, 2.24) is 4.90 Å². The van der Waals surface area contributed by atoms with Crippen molar-refractivity contribution in [2.45, 2.75) is 44.6 Å². The molecule has 0 atom stereocenters. The number of rotatable bonds is 9. The molecule has 0 unspecified atom stereocenters. The third-order valence-electron chi connectivity index (χ3n) is 4.85. The van der Waals surface area contributed by atoms with E-state index in [1.165, 1.54) is 18.2 Å². The van der Waals surface area contributed by atoms with Crippen LogP contribution in [0.2, 0.25) is 0 Å². The molecule has 1 aliphatic rings. The smallest absolute Gasteiger partial charge is 0.316 e. The maximum atomic E-state index is 12.2. The lowest BCUT2D eigenvalue weighted by Crippen LogP contribution is -2.39. The lowest BCUT2D eigenvalue weighted by atomic mass is 9.94. The fraction of sp³-hybridized carbons (Fsp3) is 0.524. The molecule has 0 bridgehead atoms. The highest BCUT2D eigenvalue weighted by Crippen LogP contribution is 2.22. The fourth-order valence-corrected chi connectivity index (χ4v) is 3.91. The topological polar surface area (TPSA) is 99.5 Å². The second-order valence-corrected chi connectivity index (χ2v) is 8.02. The predicted molar refractivity (Wildman–Crippen MR) is 112 cm³/mol. The summed E-state index contributed by atoms with van der Waals surface area (Å²) in [5, 5.41) is 11.3. The van der Waals surface area contributed by atoms with Gasteiger partial charge in [0.15, 0.2) is 6.61 Å². The molecular weight excluding hydrogens is 390 g/mol. The summed E-state index contributed by atoms with van der Waals surface area (Å²) in [4.78, 5) is 37.7. The first-order valence-corrected chi connectivity index (χ1v) is 10.9. The van der Waals surface area contributed by atoms with Crippen molar-refractivity contribution in [3.8, 4) is 6.07 Å². The minimum atomic E-state index is -0.525. The minimum Gasteiger partial charge on any atom is -0.455 e. The molecule has 2 amide bonds. The number of benzene rings is 1. The highest BCUT2D eigenvalue weighted by Gasteiger charge is 2.22.